The van der Waals surface area contributed by atoms with Crippen LogP contribution in [0.1, 0.15) is 54.9 Å². The van der Waals surface area contributed by atoms with Crippen LogP contribution >= 0.6 is 11.3 Å². The fraction of sp³-hybridized carbons (Fsp3) is 0.577. The van der Waals surface area contributed by atoms with Crippen molar-refractivity contribution in [3.63, 3.8) is 0 Å². The van der Waals surface area contributed by atoms with E-state index in [-0.39, 0.29) is 17.8 Å². The summed E-state index contributed by atoms with van der Waals surface area (Å²) in [5, 5.41) is 5.24. The molecule has 184 valence electrons. The molecule has 0 saturated carbocycles. The van der Waals surface area contributed by atoms with Crippen molar-refractivity contribution in [2.24, 2.45) is 5.92 Å². The van der Waals surface area contributed by atoms with E-state index in [4.69, 9.17) is 9.72 Å². The van der Waals surface area contributed by atoms with Crippen LogP contribution in [0.3, 0.4) is 0 Å². The van der Waals surface area contributed by atoms with Crippen LogP contribution in [0.25, 0.3) is 10.6 Å². The third kappa shape index (κ3) is 5.78. The molecule has 0 aliphatic carbocycles. The number of esters is 1. The Kier molecular flexibility index (Phi) is 8.21. The fourth-order valence-electron chi connectivity index (χ4n) is 4.95. The monoisotopic (exact) mass is 484 g/mol. The number of rotatable bonds is 8. The number of thiophene rings is 1. The zero-order chi connectivity index (χ0) is 24.1. The minimum absolute atomic E-state index is 0.0791. The highest BCUT2D eigenvalue weighted by Crippen LogP contribution is 2.31. The topological polar surface area (TPSA) is 74.8 Å². The molecular weight excluding hydrogens is 448 g/mol. The van der Waals surface area contributed by atoms with Gasteiger partial charge in [0.1, 0.15) is 5.82 Å². The highest BCUT2D eigenvalue weighted by Gasteiger charge is 2.29. The molecule has 8 heteroatoms. The maximum Gasteiger partial charge on any atom is 0.309 e. The number of anilines is 1. The summed E-state index contributed by atoms with van der Waals surface area (Å²) in [6.45, 7) is 7.47. The summed E-state index contributed by atoms with van der Waals surface area (Å²) in [7, 11) is 2.16. The SMILES string of the molecule is CCOC(=O)C1CCN(c2nc(-c3cc(C)cs3)ccc2C(=O)NCC[C@@H]2CCCN2C)CC1. The Morgan fingerprint density at radius 1 is 1.21 bits per heavy atom. The molecule has 2 aliphatic rings. The second-order valence-electron chi connectivity index (χ2n) is 9.39. The van der Waals surface area contributed by atoms with E-state index in [9.17, 15) is 9.59 Å². The number of carbonyl (C=O) groups is 2. The van der Waals surface area contributed by atoms with Crippen molar-refractivity contribution in [3.05, 3.63) is 34.7 Å². The Morgan fingerprint density at radius 3 is 2.65 bits per heavy atom. The minimum atomic E-state index is -0.118. The van der Waals surface area contributed by atoms with Crippen molar-refractivity contribution in [2.45, 2.75) is 52.0 Å². The molecular formula is C26H36N4O3S. The highest BCUT2D eigenvalue weighted by molar-refractivity contribution is 7.13. The van der Waals surface area contributed by atoms with Gasteiger partial charge in [0.25, 0.3) is 5.91 Å². The van der Waals surface area contributed by atoms with Crippen molar-refractivity contribution in [1.82, 2.24) is 15.2 Å². The molecule has 0 spiro atoms. The van der Waals surface area contributed by atoms with Gasteiger partial charge in [0, 0.05) is 25.7 Å². The van der Waals surface area contributed by atoms with Crippen LogP contribution in [0.5, 0.6) is 0 Å². The lowest BCUT2D eigenvalue weighted by Crippen LogP contribution is -2.39. The van der Waals surface area contributed by atoms with Crippen molar-refractivity contribution in [1.29, 1.82) is 0 Å². The number of aromatic nitrogens is 1. The molecule has 7 nitrogen and oxygen atoms in total. The van der Waals surface area contributed by atoms with Crippen LogP contribution in [-0.2, 0) is 9.53 Å². The number of aryl methyl sites for hydroxylation is 1. The number of amides is 1. The number of pyridine rings is 1. The second-order valence-corrected chi connectivity index (χ2v) is 10.3. The normalized spacial score (nSPS) is 19.4. The van der Waals surface area contributed by atoms with Gasteiger partial charge < -0.3 is 19.9 Å². The van der Waals surface area contributed by atoms with Crippen molar-refractivity contribution in [2.75, 3.05) is 44.7 Å². The van der Waals surface area contributed by atoms with Gasteiger partial charge in [-0.25, -0.2) is 4.98 Å². The van der Waals surface area contributed by atoms with E-state index in [1.54, 1.807) is 11.3 Å². The van der Waals surface area contributed by atoms with Crippen LogP contribution < -0.4 is 10.2 Å². The lowest BCUT2D eigenvalue weighted by Gasteiger charge is -2.33. The number of nitrogens with one attached hydrogen (secondary N) is 1. The Labute approximate surface area is 206 Å². The van der Waals surface area contributed by atoms with Gasteiger partial charge in [0.05, 0.1) is 28.7 Å². The molecule has 0 bridgehead atoms. The van der Waals surface area contributed by atoms with Gasteiger partial charge in [-0.2, -0.15) is 0 Å². The molecule has 2 aliphatic heterocycles. The summed E-state index contributed by atoms with van der Waals surface area (Å²) in [6.07, 6.45) is 4.80. The van der Waals surface area contributed by atoms with Gasteiger partial charge in [-0.15, -0.1) is 11.3 Å². The molecule has 2 aromatic rings. The predicted molar refractivity (Wildman–Crippen MR) is 136 cm³/mol. The summed E-state index contributed by atoms with van der Waals surface area (Å²) < 4.78 is 5.22. The quantitative estimate of drug-likeness (QED) is 0.569. The largest absolute Gasteiger partial charge is 0.466 e. The number of nitrogens with zero attached hydrogens (tertiary/aromatic N) is 3. The van der Waals surface area contributed by atoms with Crippen molar-refractivity contribution in [3.8, 4) is 10.6 Å². The molecule has 1 amide bonds. The van der Waals surface area contributed by atoms with Gasteiger partial charge in [-0.05, 0) is 88.7 Å². The van der Waals surface area contributed by atoms with Crippen LogP contribution in [0.4, 0.5) is 5.82 Å². The first-order valence-electron chi connectivity index (χ1n) is 12.4. The number of hydrogen-bond acceptors (Lipinski definition) is 7. The molecule has 1 atom stereocenters. The lowest BCUT2D eigenvalue weighted by molar-refractivity contribution is -0.148. The average Bonchev–Trinajstić information content (AvgIpc) is 3.47. The molecule has 2 saturated heterocycles. The fourth-order valence-corrected chi connectivity index (χ4v) is 5.82. The second kappa shape index (κ2) is 11.3. The van der Waals surface area contributed by atoms with Crippen LogP contribution in [-0.4, -0.2) is 67.6 Å². The maximum atomic E-state index is 13.2. The molecule has 0 radical (unpaired) electrons. The summed E-state index contributed by atoms with van der Waals surface area (Å²) >= 11 is 1.66. The van der Waals surface area contributed by atoms with Gasteiger partial charge >= 0.3 is 5.97 Å². The Morgan fingerprint density at radius 2 is 2.00 bits per heavy atom. The van der Waals surface area contributed by atoms with E-state index in [1.807, 2.05) is 19.1 Å². The number of piperidine rings is 1. The van der Waals surface area contributed by atoms with Crippen LogP contribution in [0, 0.1) is 12.8 Å². The van der Waals surface area contributed by atoms with E-state index in [0.29, 0.717) is 56.5 Å². The van der Waals surface area contributed by atoms with E-state index in [1.165, 1.54) is 18.4 Å². The third-order valence-corrected chi connectivity index (χ3v) is 8.02. The zero-order valence-electron chi connectivity index (χ0n) is 20.5. The molecule has 4 rings (SSSR count). The Bertz CT molecular complexity index is 1000. The van der Waals surface area contributed by atoms with Gasteiger partial charge in [0.15, 0.2) is 0 Å². The standard InChI is InChI=1S/C26H36N4O3S/c1-4-33-26(32)19-10-14-30(15-11-19)24-21(7-8-22(28-24)23-16-18(2)17-34-23)25(31)27-12-9-20-6-5-13-29(20)3/h7-8,16-17,19-20H,4-6,9-15H2,1-3H3,(H,27,31)/t20-/m0/s1. The van der Waals surface area contributed by atoms with E-state index < -0.39 is 0 Å². The van der Waals surface area contributed by atoms with Gasteiger partial charge in [-0.1, -0.05) is 0 Å². The molecule has 4 heterocycles. The van der Waals surface area contributed by atoms with Crippen LogP contribution in [0.2, 0.25) is 0 Å². The van der Waals surface area contributed by atoms with E-state index in [2.05, 4.69) is 40.5 Å². The molecule has 2 fully saturated rings. The Balaban J connectivity index is 1.50. The van der Waals surface area contributed by atoms with E-state index >= 15 is 0 Å². The molecule has 0 aromatic carbocycles. The summed E-state index contributed by atoms with van der Waals surface area (Å²) in [5.41, 5.74) is 2.69. The first kappa shape index (κ1) is 24.7. The first-order chi connectivity index (χ1) is 16.5. The summed E-state index contributed by atoms with van der Waals surface area (Å²) in [6, 6.07) is 6.52. The summed E-state index contributed by atoms with van der Waals surface area (Å²) in [4.78, 5) is 36.0. The van der Waals surface area contributed by atoms with Gasteiger partial charge in [-0.3, -0.25) is 9.59 Å². The Hall–Kier alpha value is -2.45. The number of hydrogen-bond donors (Lipinski definition) is 1. The first-order valence-corrected chi connectivity index (χ1v) is 13.3. The smallest absolute Gasteiger partial charge is 0.309 e. The molecule has 0 unspecified atom stereocenters. The maximum absolute atomic E-state index is 13.2. The predicted octanol–water partition coefficient (Wildman–Crippen LogP) is 4.11. The minimum Gasteiger partial charge on any atom is -0.466 e. The van der Waals surface area contributed by atoms with Crippen molar-refractivity contribution >= 4 is 29.0 Å². The van der Waals surface area contributed by atoms with Gasteiger partial charge in [0.2, 0.25) is 0 Å². The average molecular weight is 485 g/mol. The lowest BCUT2D eigenvalue weighted by atomic mass is 9.96. The van der Waals surface area contributed by atoms with Crippen LogP contribution in [0.15, 0.2) is 23.6 Å². The van der Waals surface area contributed by atoms with E-state index in [0.717, 1.165) is 23.5 Å². The number of likely N-dealkylation sites (tertiary alicyclic amines) is 1. The molecule has 2 aromatic heterocycles. The van der Waals surface area contributed by atoms with Crippen molar-refractivity contribution < 1.29 is 14.3 Å². The number of ether oxygens (including phenoxy) is 1. The zero-order valence-corrected chi connectivity index (χ0v) is 21.3. The highest BCUT2D eigenvalue weighted by atomic mass is 32.1. The molecule has 34 heavy (non-hydrogen) atoms. The molecule has 1 N–H and O–H groups in total. The third-order valence-electron chi connectivity index (χ3n) is 6.95. The number of carbonyl (C=O) groups excluding carboxylic acids is 2. The summed E-state index contributed by atoms with van der Waals surface area (Å²) in [5.74, 6) is 0.429.